The van der Waals surface area contributed by atoms with Crippen LogP contribution in [0.1, 0.15) is 0 Å². The van der Waals surface area contributed by atoms with E-state index >= 15 is 0 Å². The van der Waals surface area contributed by atoms with Crippen LogP contribution in [0.4, 0.5) is 25.2 Å². The Kier molecular flexibility index (Phi) is 37.8. The maximum atomic E-state index is 9.87. The van der Waals surface area contributed by atoms with E-state index in [0.717, 1.165) is 0 Å². The van der Waals surface area contributed by atoms with Crippen LogP contribution in [0.2, 0.25) is 0 Å². The van der Waals surface area contributed by atoms with Crippen molar-refractivity contribution in [3.63, 3.8) is 0 Å². The SMILES string of the molecule is F[P-](F)(F)(F)(F)F.[C-]#CC#C.[C-]#CC#C.[Cu+].[Cu+].[Cu+].c1ccc([PH+](C[PH+](c2ccccc2)c2ccccc2)c2ccccc2)cc1.c1ccc([PH+](C[PH+](c2ccccc2)c2ccccc2)c2ccccc2)cc1.c1ccc([PH+](C[PH+](c2ccccc2)c2ccccc2)c2ccccc2)cc1. The van der Waals surface area contributed by atoms with Gasteiger partial charge in [-0.2, -0.15) is 0 Å². The molecule has 99 heavy (non-hydrogen) atoms. The number of rotatable bonds is 18. The Morgan fingerprint density at radius 3 is 0.343 bits per heavy atom. The first-order valence-corrected chi connectivity index (χ1v) is 42.9. The van der Waals surface area contributed by atoms with Crippen molar-refractivity contribution in [3.8, 4) is 36.5 Å². The molecule has 0 saturated heterocycles. The van der Waals surface area contributed by atoms with Crippen LogP contribution in [0.25, 0.3) is 0 Å². The van der Waals surface area contributed by atoms with E-state index in [-0.39, 0.29) is 51.2 Å². The zero-order chi connectivity index (χ0) is 68.2. The molecule has 12 rings (SSSR count). The molecule has 0 aliphatic rings. The molecule has 0 fully saturated rings. The average molecular weight is 1590 g/mol. The van der Waals surface area contributed by atoms with E-state index in [1.54, 1.807) is 11.8 Å². The number of hydrogen-bond acceptors (Lipinski definition) is 0. The maximum absolute atomic E-state index is 10.7. The van der Waals surface area contributed by atoms with Gasteiger partial charge in [0.1, 0.15) is 111 Å². The summed E-state index contributed by atoms with van der Waals surface area (Å²) in [6.07, 6.45) is 20.9. The third-order valence-corrected chi connectivity index (χ3v) is 35.5. The van der Waals surface area contributed by atoms with Crippen molar-refractivity contribution < 1.29 is 76.4 Å². The molecule has 0 aliphatic carbocycles. The second-order valence-corrected chi connectivity index (χ2v) is 40.1. The van der Waals surface area contributed by atoms with Crippen LogP contribution >= 0.6 is 55.3 Å². The number of terminal acetylenes is 2. The van der Waals surface area contributed by atoms with Crippen LogP contribution < -0.4 is 63.7 Å². The minimum absolute atomic E-state index is 0. The third-order valence-electron chi connectivity index (χ3n) is 14.7. The van der Waals surface area contributed by atoms with Gasteiger partial charge in [-0.1, -0.05) is 218 Å². The van der Waals surface area contributed by atoms with Gasteiger partial charge in [-0.05, 0) is 146 Å². The largest absolute Gasteiger partial charge is 1.00 e. The third kappa shape index (κ3) is 31.6. The van der Waals surface area contributed by atoms with Gasteiger partial charge in [-0.25, -0.2) is 12.8 Å². The fraction of sp³-hybridized carbons (Fsp3) is 0.0361. The zero-order valence-corrected chi connectivity index (χ0v) is 63.3. The van der Waals surface area contributed by atoms with Crippen LogP contribution in [-0.4, -0.2) is 17.7 Å². The van der Waals surface area contributed by atoms with E-state index in [9.17, 15) is 25.2 Å². The van der Waals surface area contributed by atoms with Crippen LogP contribution in [0.15, 0.2) is 364 Å². The average Bonchev–Trinajstić information content (AvgIpc) is 0.814. The van der Waals surface area contributed by atoms with Crippen molar-refractivity contribution in [2.75, 3.05) is 17.7 Å². The Bertz CT molecular complexity index is 3380. The number of halogens is 6. The molecule has 0 aliphatic heterocycles. The molecule has 0 aromatic heterocycles. The molecular formula is C83H74Cu3F6P7+6. The predicted molar refractivity (Wildman–Crippen MR) is 423 cm³/mol. The van der Waals surface area contributed by atoms with E-state index in [0.29, 0.717) is 0 Å². The summed E-state index contributed by atoms with van der Waals surface area (Å²) >= 11 is 0. The molecule has 0 heterocycles. The smallest absolute Gasteiger partial charge is 0.358 e. The normalized spacial score (nSPS) is 10.9. The van der Waals surface area contributed by atoms with Crippen LogP contribution in [0.5, 0.6) is 0 Å². The molecular weight excluding hydrogens is 1520 g/mol. The Hall–Kier alpha value is -6.97. The summed E-state index contributed by atoms with van der Waals surface area (Å²) in [7, 11) is -15.7. The van der Waals surface area contributed by atoms with Gasteiger partial charge in [0.2, 0.25) is 0 Å². The molecule has 0 unspecified atom stereocenters. The molecule has 0 atom stereocenters. The first-order valence-electron chi connectivity index (χ1n) is 30.6. The zero-order valence-electron chi connectivity index (χ0n) is 53.5. The summed E-state index contributed by atoms with van der Waals surface area (Å²) in [5, 5.41) is 18.0. The quantitative estimate of drug-likeness (QED) is 0.0264. The molecule has 0 N–H and O–H groups in total. The fourth-order valence-corrected chi connectivity index (χ4v) is 33.6. The minimum Gasteiger partial charge on any atom is -0.358 e. The number of hydrogen-bond donors (Lipinski definition) is 0. The standard InChI is InChI=1S/3C25H22P2.2C4H.3Cu.F6P/c3*1-5-13-22(14-6-1)26(23-15-7-2-8-16-23)21-27(24-17-9-3-10-18-24)25-19-11-4-12-20-25;2*1-3-4-2;;;;1-7(2,3,4,5)6/h3*1-20H,21H2;2*1H;;;;/q;;;2*-1;3*+1;-1/p+6. The molecule has 510 valence electrons. The summed E-state index contributed by atoms with van der Waals surface area (Å²) in [4.78, 5) is 0. The second kappa shape index (κ2) is 44.3. The Morgan fingerprint density at radius 1 is 0.212 bits per heavy atom. The van der Waals surface area contributed by atoms with Crippen LogP contribution in [0.3, 0.4) is 0 Å². The Balaban J connectivity index is 0.000000281. The molecule has 12 aromatic carbocycles. The summed E-state index contributed by atoms with van der Waals surface area (Å²) in [5.41, 5.74) is 0. The maximum Gasteiger partial charge on any atom is 1.00 e. The van der Waals surface area contributed by atoms with Crippen molar-refractivity contribution in [1.82, 2.24) is 0 Å². The molecule has 0 amide bonds. The van der Waals surface area contributed by atoms with Gasteiger partial charge in [0, 0.05) is 0 Å². The molecule has 0 spiro atoms. The van der Waals surface area contributed by atoms with Gasteiger partial charge >= 0.3 is 84.2 Å². The van der Waals surface area contributed by atoms with E-state index in [2.05, 4.69) is 377 Å². The van der Waals surface area contributed by atoms with E-state index in [4.69, 9.17) is 12.8 Å². The van der Waals surface area contributed by atoms with E-state index in [1.165, 1.54) is 81.4 Å². The second-order valence-electron chi connectivity index (χ2n) is 21.3. The summed E-state index contributed by atoms with van der Waals surface area (Å²) in [6, 6.07) is 133. The van der Waals surface area contributed by atoms with Gasteiger partial charge in [0.05, 0.1) is 0 Å². The van der Waals surface area contributed by atoms with Gasteiger partial charge in [-0.15, -0.1) is 0 Å². The van der Waals surface area contributed by atoms with Gasteiger partial charge < -0.3 is 12.8 Å². The van der Waals surface area contributed by atoms with Gasteiger partial charge in [0.15, 0.2) is 17.7 Å². The van der Waals surface area contributed by atoms with Gasteiger partial charge in [0.25, 0.3) is 0 Å². The predicted octanol–water partition coefficient (Wildman–Crippen LogP) is 17.8. The van der Waals surface area contributed by atoms with E-state index in [1.807, 2.05) is 11.8 Å². The van der Waals surface area contributed by atoms with Crippen molar-refractivity contribution >= 4 is 119 Å². The molecule has 0 saturated carbocycles. The van der Waals surface area contributed by atoms with Gasteiger partial charge in [-0.3, -0.25) is 23.7 Å². The Morgan fingerprint density at radius 2 is 0.283 bits per heavy atom. The van der Waals surface area contributed by atoms with Crippen molar-refractivity contribution in [1.29, 1.82) is 0 Å². The molecule has 12 aromatic rings. The summed E-state index contributed by atoms with van der Waals surface area (Å²) < 4.78 is 59.2. The van der Waals surface area contributed by atoms with Crippen molar-refractivity contribution in [2.24, 2.45) is 0 Å². The molecule has 16 heteroatoms. The fourth-order valence-electron chi connectivity index (χ4n) is 10.4. The minimum atomic E-state index is -10.7. The first-order chi connectivity index (χ1) is 46.5. The van der Waals surface area contributed by atoms with E-state index < -0.39 is 55.3 Å². The van der Waals surface area contributed by atoms with Crippen molar-refractivity contribution in [2.45, 2.75) is 0 Å². The Labute approximate surface area is 621 Å². The first kappa shape index (κ1) is 84.4. The topological polar surface area (TPSA) is 0 Å². The van der Waals surface area contributed by atoms with Crippen LogP contribution in [-0.2, 0) is 51.2 Å². The summed E-state index contributed by atoms with van der Waals surface area (Å²) in [6.45, 7) is 0. The molecule has 0 bridgehead atoms. The monoisotopic (exact) mass is 1590 g/mol. The molecule has 0 nitrogen and oxygen atoms in total. The summed E-state index contributed by atoms with van der Waals surface area (Å²) in [5.74, 6) is 10.9. The number of benzene rings is 12. The van der Waals surface area contributed by atoms with Crippen molar-refractivity contribution in [3.05, 3.63) is 377 Å². The molecule has 0 radical (unpaired) electrons. The van der Waals surface area contributed by atoms with Crippen LogP contribution in [0, 0.1) is 49.4 Å².